The first-order valence-electron chi connectivity index (χ1n) is 9.73. The monoisotopic (exact) mass is 326 g/mol. The Balaban J connectivity index is 1.38. The lowest BCUT2D eigenvalue weighted by Gasteiger charge is -2.57. The first-order chi connectivity index (χ1) is 11.5. The van der Waals surface area contributed by atoms with E-state index in [1.807, 2.05) is 19.1 Å². The highest BCUT2D eigenvalue weighted by atomic mass is 16.2. The molecule has 24 heavy (non-hydrogen) atoms. The molecule has 4 fully saturated rings. The Morgan fingerprint density at radius 3 is 2.12 bits per heavy atom. The van der Waals surface area contributed by atoms with Gasteiger partial charge >= 0.3 is 0 Å². The van der Waals surface area contributed by atoms with E-state index < -0.39 is 0 Å². The van der Waals surface area contributed by atoms with Crippen molar-refractivity contribution in [2.75, 3.05) is 5.32 Å². The number of rotatable bonds is 5. The van der Waals surface area contributed by atoms with Crippen LogP contribution < -0.4 is 10.6 Å². The summed E-state index contributed by atoms with van der Waals surface area (Å²) < 4.78 is 0. The summed E-state index contributed by atoms with van der Waals surface area (Å²) in [6.07, 6.45) is 9.17. The number of hydrogen-bond donors (Lipinski definition) is 2. The molecule has 4 aliphatic rings. The van der Waals surface area contributed by atoms with Crippen molar-refractivity contribution < 1.29 is 4.79 Å². The van der Waals surface area contributed by atoms with Crippen LogP contribution in [-0.4, -0.2) is 17.5 Å². The molecule has 0 saturated heterocycles. The Morgan fingerprint density at radius 2 is 1.62 bits per heavy atom. The summed E-state index contributed by atoms with van der Waals surface area (Å²) in [4.78, 5) is 12.6. The Kier molecular flexibility index (Phi) is 4.16. The van der Waals surface area contributed by atoms with E-state index >= 15 is 0 Å². The molecular weight excluding hydrogens is 296 g/mol. The number of nitrogens with one attached hydrogen (secondary N) is 2. The molecule has 0 aromatic heterocycles. The Morgan fingerprint density at radius 1 is 1.08 bits per heavy atom. The van der Waals surface area contributed by atoms with Gasteiger partial charge in [0.15, 0.2) is 0 Å². The average molecular weight is 326 g/mol. The number of aryl methyl sites for hydroxylation is 1. The van der Waals surface area contributed by atoms with E-state index in [-0.39, 0.29) is 17.5 Å². The van der Waals surface area contributed by atoms with Gasteiger partial charge < -0.3 is 10.6 Å². The van der Waals surface area contributed by atoms with Crippen LogP contribution in [0.25, 0.3) is 0 Å². The molecule has 4 bridgehead atoms. The summed E-state index contributed by atoms with van der Waals surface area (Å²) in [6.45, 7) is 4.17. The topological polar surface area (TPSA) is 41.1 Å². The van der Waals surface area contributed by atoms with E-state index in [2.05, 4.69) is 29.7 Å². The van der Waals surface area contributed by atoms with E-state index in [1.54, 1.807) is 0 Å². The zero-order valence-electron chi connectivity index (χ0n) is 15.0. The lowest BCUT2D eigenvalue weighted by Crippen LogP contribution is -2.62. The summed E-state index contributed by atoms with van der Waals surface area (Å²) in [5.74, 6) is 2.80. The van der Waals surface area contributed by atoms with Crippen LogP contribution in [0.5, 0.6) is 0 Å². The molecule has 5 rings (SSSR count). The molecule has 4 aliphatic carbocycles. The van der Waals surface area contributed by atoms with Gasteiger partial charge in [0.1, 0.15) is 0 Å². The molecule has 0 spiro atoms. The molecule has 0 unspecified atom stereocenters. The molecule has 1 aromatic rings. The third-order valence-corrected chi connectivity index (χ3v) is 6.58. The highest BCUT2D eigenvalue weighted by molar-refractivity contribution is 5.94. The highest BCUT2D eigenvalue weighted by Gasteiger charge is 2.51. The van der Waals surface area contributed by atoms with Gasteiger partial charge in [0, 0.05) is 11.2 Å². The SMILES string of the molecule is CCc1ccc(NC(=O)[C@H](C)NC23CC4CC(CC(C4)C2)C3)cc1. The predicted molar refractivity (Wildman–Crippen MR) is 98.0 cm³/mol. The van der Waals surface area contributed by atoms with Crippen molar-refractivity contribution in [3.8, 4) is 0 Å². The Hall–Kier alpha value is -1.35. The molecule has 2 N–H and O–H groups in total. The van der Waals surface area contributed by atoms with Crippen LogP contribution in [0, 0.1) is 17.8 Å². The molecule has 0 heterocycles. The summed E-state index contributed by atoms with van der Waals surface area (Å²) in [7, 11) is 0. The van der Waals surface area contributed by atoms with Crippen LogP contribution in [0.1, 0.15) is 57.9 Å². The minimum Gasteiger partial charge on any atom is -0.325 e. The van der Waals surface area contributed by atoms with Crippen LogP contribution in [-0.2, 0) is 11.2 Å². The fourth-order valence-electron chi connectivity index (χ4n) is 5.89. The maximum absolute atomic E-state index is 12.6. The molecule has 4 saturated carbocycles. The van der Waals surface area contributed by atoms with Crippen molar-refractivity contribution in [2.24, 2.45) is 17.8 Å². The van der Waals surface area contributed by atoms with Crippen molar-refractivity contribution in [3.05, 3.63) is 29.8 Å². The van der Waals surface area contributed by atoms with Crippen LogP contribution in [0.4, 0.5) is 5.69 Å². The van der Waals surface area contributed by atoms with E-state index in [0.29, 0.717) is 0 Å². The molecule has 130 valence electrons. The quantitative estimate of drug-likeness (QED) is 0.854. The largest absolute Gasteiger partial charge is 0.325 e. The van der Waals surface area contributed by atoms with Gasteiger partial charge in [-0.3, -0.25) is 4.79 Å². The molecule has 1 amide bonds. The normalized spacial score (nSPS) is 35.0. The van der Waals surface area contributed by atoms with E-state index in [1.165, 1.54) is 44.1 Å². The van der Waals surface area contributed by atoms with Gasteiger partial charge in [0.05, 0.1) is 6.04 Å². The number of amides is 1. The lowest BCUT2D eigenvalue weighted by atomic mass is 9.53. The minimum atomic E-state index is -0.132. The van der Waals surface area contributed by atoms with Gasteiger partial charge in [-0.2, -0.15) is 0 Å². The molecule has 1 atom stereocenters. The van der Waals surface area contributed by atoms with Crippen molar-refractivity contribution in [1.29, 1.82) is 0 Å². The third-order valence-electron chi connectivity index (χ3n) is 6.58. The second kappa shape index (κ2) is 6.18. The summed E-state index contributed by atoms with van der Waals surface area (Å²) in [6, 6.07) is 8.06. The van der Waals surface area contributed by atoms with Crippen molar-refractivity contribution >= 4 is 11.6 Å². The molecule has 3 nitrogen and oxygen atoms in total. The zero-order chi connectivity index (χ0) is 16.7. The van der Waals surface area contributed by atoms with Gasteiger partial charge in [-0.05, 0) is 87.3 Å². The summed E-state index contributed by atoms with van der Waals surface area (Å²) in [5, 5.41) is 6.83. The number of hydrogen-bond acceptors (Lipinski definition) is 2. The third kappa shape index (κ3) is 3.11. The molecule has 0 aliphatic heterocycles. The smallest absolute Gasteiger partial charge is 0.241 e. The van der Waals surface area contributed by atoms with E-state index in [9.17, 15) is 4.79 Å². The van der Waals surface area contributed by atoms with Crippen LogP contribution >= 0.6 is 0 Å². The van der Waals surface area contributed by atoms with Gasteiger partial charge in [-0.1, -0.05) is 19.1 Å². The number of benzene rings is 1. The number of anilines is 1. The fraction of sp³-hybridized carbons (Fsp3) is 0.667. The molecule has 3 heteroatoms. The predicted octanol–water partition coefficient (Wildman–Crippen LogP) is 4.13. The van der Waals surface area contributed by atoms with Crippen molar-refractivity contribution in [3.63, 3.8) is 0 Å². The first kappa shape index (κ1) is 16.1. The average Bonchev–Trinajstić information content (AvgIpc) is 2.53. The van der Waals surface area contributed by atoms with Gasteiger partial charge in [0.25, 0.3) is 0 Å². The second-order valence-electron chi connectivity index (χ2n) is 8.60. The van der Waals surface area contributed by atoms with Crippen LogP contribution in [0.3, 0.4) is 0 Å². The van der Waals surface area contributed by atoms with Gasteiger partial charge in [-0.15, -0.1) is 0 Å². The van der Waals surface area contributed by atoms with Crippen molar-refractivity contribution in [1.82, 2.24) is 5.32 Å². The lowest BCUT2D eigenvalue weighted by molar-refractivity contribution is -0.119. The van der Waals surface area contributed by atoms with Crippen LogP contribution in [0.2, 0.25) is 0 Å². The maximum Gasteiger partial charge on any atom is 0.241 e. The number of carbonyl (C=O) groups excluding carboxylic acids is 1. The van der Waals surface area contributed by atoms with E-state index in [4.69, 9.17) is 0 Å². The molecular formula is C21H30N2O. The highest BCUT2D eigenvalue weighted by Crippen LogP contribution is 2.55. The Labute approximate surface area is 145 Å². The summed E-state index contributed by atoms with van der Waals surface area (Å²) >= 11 is 0. The van der Waals surface area contributed by atoms with Crippen LogP contribution in [0.15, 0.2) is 24.3 Å². The molecule has 0 radical (unpaired) electrons. The standard InChI is InChI=1S/C21H30N2O/c1-3-15-4-6-19(7-5-15)22-20(24)14(2)23-21-11-16-8-17(12-21)10-18(9-16)13-21/h4-7,14,16-18,23H,3,8-13H2,1-2H3,(H,22,24)/t14-,16?,17?,18?,21?/m0/s1. The fourth-order valence-corrected chi connectivity index (χ4v) is 5.89. The summed E-state index contributed by atoms with van der Waals surface area (Å²) in [5.41, 5.74) is 2.43. The maximum atomic E-state index is 12.6. The Bertz CT molecular complexity index is 571. The second-order valence-corrected chi connectivity index (χ2v) is 8.60. The van der Waals surface area contributed by atoms with Crippen molar-refractivity contribution in [2.45, 2.75) is 70.4 Å². The van der Waals surface area contributed by atoms with Gasteiger partial charge in [0.2, 0.25) is 5.91 Å². The number of carbonyl (C=O) groups is 1. The first-order valence-corrected chi connectivity index (χ1v) is 9.73. The minimum absolute atomic E-state index is 0.0926. The van der Waals surface area contributed by atoms with Gasteiger partial charge in [-0.25, -0.2) is 0 Å². The van der Waals surface area contributed by atoms with E-state index in [0.717, 1.165) is 29.9 Å². The molecule has 1 aromatic carbocycles. The zero-order valence-corrected chi connectivity index (χ0v) is 15.0.